The van der Waals surface area contributed by atoms with Crippen molar-refractivity contribution in [2.24, 2.45) is 0 Å². The molecule has 0 fully saturated rings. The molecule has 3 rings (SSSR count). The fourth-order valence-corrected chi connectivity index (χ4v) is 3.04. The molecule has 0 radical (unpaired) electrons. The first kappa shape index (κ1) is 18.8. The summed E-state index contributed by atoms with van der Waals surface area (Å²) in [6.07, 6.45) is 0. The normalized spacial score (nSPS) is 16.2. The first-order valence-corrected chi connectivity index (χ1v) is 8.81. The van der Waals surface area contributed by atoms with Crippen molar-refractivity contribution in [3.63, 3.8) is 0 Å². The van der Waals surface area contributed by atoms with Crippen LogP contribution in [0.1, 0.15) is 26.3 Å². The van der Waals surface area contributed by atoms with E-state index in [9.17, 15) is 9.59 Å². The van der Waals surface area contributed by atoms with Gasteiger partial charge in [-0.1, -0.05) is 6.07 Å². The van der Waals surface area contributed by atoms with Gasteiger partial charge in [-0.05, 0) is 69.7 Å². The summed E-state index contributed by atoms with van der Waals surface area (Å²) in [5.74, 6) is 0.765. The van der Waals surface area contributed by atoms with E-state index < -0.39 is 11.6 Å². The predicted octanol–water partition coefficient (Wildman–Crippen LogP) is 3.53. The van der Waals surface area contributed by atoms with Gasteiger partial charge in [-0.2, -0.15) is 0 Å². The summed E-state index contributed by atoms with van der Waals surface area (Å²) in [5, 5.41) is 2.85. The number of aryl methyl sites for hydroxylation is 1. The Balaban J connectivity index is 1.89. The number of hydrogen-bond donors (Lipinski definition) is 1. The number of fused-ring (bicyclic) bond motifs is 1. The van der Waals surface area contributed by atoms with Crippen molar-refractivity contribution < 1.29 is 19.1 Å². The van der Waals surface area contributed by atoms with Crippen LogP contribution in [0.15, 0.2) is 42.5 Å². The smallest absolute Gasteiger partial charge is 0.271 e. The van der Waals surface area contributed by atoms with Gasteiger partial charge >= 0.3 is 0 Å². The number of ether oxygens (including phenoxy) is 2. The fourth-order valence-electron chi connectivity index (χ4n) is 3.04. The molecular weight excluding hydrogens is 344 g/mol. The van der Waals surface area contributed by atoms with Gasteiger partial charge in [-0.15, -0.1) is 0 Å². The molecule has 1 aliphatic rings. The van der Waals surface area contributed by atoms with Crippen LogP contribution in [-0.2, 0) is 9.59 Å². The first-order valence-electron chi connectivity index (χ1n) is 8.81. The molecule has 6 heteroatoms. The highest BCUT2D eigenvalue weighted by Gasteiger charge is 2.44. The Kier molecular flexibility index (Phi) is 4.83. The average Bonchev–Trinajstić information content (AvgIpc) is 2.63. The summed E-state index contributed by atoms with van der Waals surface area (Å²) in [4.78, 5) is 27.4. The Bertz CT molecular complexity index is 874. The Morgan fingerprint density at radius 2 is 1.85 bits per heavy atom. The lowest BCUT2D eigenvalue weighted by molar-refractivity contribution is -0.134. The maximum Gasteiger partial charge on any atom is 0.271 e. The number of nitrogens with zero attached hydrogens (tertiary/aromatic N) is 1. The van der Waals surface area contributed by atoms with Crippen LogP contribution in [0.5, 0.6) is 11.5 Å². The first-order chi connectivity index (χ1) is 12.7. The molecule has 0 aromatic heterocycles. The molecule has 27 heavy (non-hydrogen) atoms. The molecule has 6 nitrogen and oxygen atoms in total. The third-order valence-electron chi connectivity index (χ3n) is 4.60. The van der Waals surface area contributed by atoms with E-state index in [0.29, 0.717) is 22.9 Å². The number of amides is 2. The maximum atomic E-state index is 13.0. The SMILES string of the molecule is COc1ccc(NC(=O)C(C)N2C(=O)C(C)(C)Oc3ccc(C)cc32)cc1. The van der Waals surface area contributed by atoms with Crippen molar-refractivity contribution in [2.45, 2.75) is 39.3 Å². The molecule has 1 aliphatic heterocycles. The van der Waals surface area contributed by atoms with Crippen LogP contribution in [-0.4, -0.2) is 30.6 Å². The van der Waals surface area contributed by atoms with E-state index in [1.165, 1.54) is 4.90 Å². The Morgan fingerprint density at radius 1 is 1.19 bits per heavy atom. The van der Waals surface area contributed by atoms with Crippen LogP contribution in [0.25, 0.3) is 0 Å². The van der Waals surface area contributed by atoms with Gasteiger partial charge in [0.15, 0.2) is 5.60 Å². The molecule has 0 saturated heterocycles. The number of rotatable bonds is 4. The van der Waals surface area contributed by atoms with Crippen molar-refractivity contribution >= 4 is 23.2 Å². The molecule has 1 heterocycles. The van der Waals surface area contributed by atoms with Crippen molar-refractivity contribution in [3.05, 3.63) is 48.0 Å². The molecule has 2 aromatic rings. The third-order valence-corrected chi connectivity index (χ3v) is 4.60. The van der Waals surface area contributed by atoms with E-state index in [2.05, 4.69) is 5.32 Å². The van der Waals surface area contributed by atoms with Crippen LogP contribution in [0, 0.1) is 6.92 Å². The van der Waals surface area contributed by atoms with Crippen molar-refractivity contribution in [1.29, 1.82) is 0 Å². The summed E-state index contributed by atoms with van der Waals surface area (Å²) in [5.41, 5.74) is 1.18. The Morgan fingerprint density at radius 3 is 2.48 bits per heavy atom. The number of carbonyl (C=O) groups excluding carboxylic acids is 2. The standard InChI is InChI=1S/C21H24N2O4/c1-13-6-11-18-17(12-13)23(20(25)21(3,4)27-18)14(2)19(24)22-15-7-9-16(26-5)10-8-15/h6-12,14H,1-5H3,(H,22,24). The van der Waals surface area contributed by atoms with Gasteiger partial charge in [-0.3, -0.25) is 14.5 Å². The summed E-state index contributed by atoms with van der Waals surface area (Å²) in [6, 6.07) is 12.0. The van der Waals surface area contributed by atoms with Crippen LogP contribution in [0.4, 0.5) is 11.4 Å². The van der Waals surface area contributed by atoms with Gasteiger partial charge in [0.25, 0.3) is 5.91 Å². The second kappa shape index (κ2) is 6.95. The maximum absolute atomic E-state index is 13.0. The van der Waals surface area contributed by atoms with E-state index >= 15 is 0 Å². The molecule has 0 aliphatic carbocycles. The molecule has 2 amide bonds. The lowest BCUT2D eigenvalue weighted by atomic mass is 10.0. The molecule has 142 valence electrons. The molecule has 0 bridgehead atoms. The van der Waals surface area contributed by atoms with Gasteiger partial charge in [0.1, 0.15) is 17.5 Å². The van der Waals surface area contributed by atoms with Crippen LogP contribution >= 0.6 is 0 Å². The van der Waals surface area contributed by atoms with Crippen LogP contribution in [0.3, 0.4) is 0 Å². The summed E-state index contributed by atoms with van der Waals surface area (Å²) in [7, 11) is 1.58. The minimum absolute atomic E-state index is 0.252. The van der Waals surface area contributed by atoms with Gasteiger partial charge in [-0.25, -0.2) is 0 Å². The van der Waals surface area contributed by atoms with E-state index in [4.69, 9.17) is 9.47 Å². The predicted molar refractivity (Wildman–Crippen MR) is 104 cm³/mol. The number of benzene rings is 2. The minimum atomic E-state index is -1.04. The summed E-state index contributed by atoms with van der Waals surface area (Å²) >= 11 is 0. The van der Waals surface area contributed by atoms with Gasteiger partial charge in [0, 0.05) is 5.69 Å². The van der Waals surface area contributed by atoms with Crippen molar-refractivity contribution in [3.8, 4) is 11.5 Å². The van der Waals surface area contributed by atoms with E-state index in [-0.39, 0.29) is 11.8 Å². The second-order valence-corrected chi connectivity index (χ2v) is 7.15. The fraction of sp³-hybridized carbons (Fsp3) is 0.333. The Hall–Kier alpha value is -3.02. The van der Waals surface area contributed by atoms with Crippen molar-refractivity contribution in [1.82, 2.24) is 0 Å². The quantitative estimate of drug-likeness (QED) is 0.896. The van der Waals surface area contributed by atoms with Crippen molar-refractivity contribution in [2.75, 3.05) is 17.3 Å². The number of carbonyl (C=O) groups is 2. The number of nitrogens with one attached hydrogen (secondary N) is 1. The van der Waals surface area contributed by atoms with Gasteiger partial charge in [0.05, 0.1) is 12.8 Å². The Labute approximate surface area is 159 Å². The minimum Gasteiger partial charge on any atom is -0.497 e. The molecule has 1 N–H and O–H groups in total. The van der Waals surface area contributed by atoms with E-state index in [1.54, 1.807) is 52.1 Å². The lowest BCUT2D eigenvalue weighted by Gasteiger charge is -2.41. The topological polar surface area (TPSA) is 67.9 Å². The zero-order valence-electron chi connectivity index (χ0n) is 16.2. The second-order valence-electron chi connectivity index (χ2n) is 7.15. The zero-order chi connectivity index (χ0) is 19.8. The summed E-state index contributed by atoms with van der Waals surface area (Å²) in [6.45, 7) is 7.06. The van der Waals surface area contributed by atoms with E-state index in [1.807, 2.05) is 25.1 Å². The molecular formula is C21H24N2O4. The number of hydrogen-bond acceptors (Lipinski definition) is 4. The highest BCUT2D eigenvalue weighted by molar-refractivity contribution is 6.09. The molecule has 2 aromatic carbocycles. The third kappa shape index (κ3) is 3.60. The van der Waals surface area contributed by atoms with Crippen LogP contribution < -0.4 is 19.7 Å². The van der Waals surface area contributed by atoms with E-state index in [0.717, 1.165) is 5.56 Å². The van der Waals surface area contributed by atoms with Gasteiger partial charge < -0.3 is 14.8 Å². The highest BCUT2D eigenvalue weighted by atomic mass is 16.5. The molecule has 1 atom stereocenters. The lowest BCUT2D eigenvalue weighted by Crippen LogP contribution is -2.57. The molecule has 0 spiro atoms. The zero-order valence-corrected chi connectivity index (χ0v) is 16.2. The molecule has 1 unspecified atom stereocenters. The summed E-state index contributed by atoms with van der Waals surface area (Å²) < 4.78 is 11.0. The number of anilines is 2. The average molecular weight is 368 g/mol. The van der Waals surface area contributed by atoms with Gasteiger partial charge in [0.2, 0.25) is 5.91 Å². The number of methoxy groups -OCH3 is 1. The monoisotopic (exact) mass is 368 g/mol. The highest BCUT2D eigenvalue weighted by Crippen LogP contribution is 2.39. The van der Waals surface area contributed by atoms with Crippen LogP contribution in [0.2, 0.25) is 0 Å². The molecule has 0 saturated carbocycles. The largest absolute Gasteiger partial charge is 0.497 e.